The Balaban J connectivity index is 1.91. The van der Waals surface area contributed by atoms with E-state index >= 15 is 0 Å². The maximum Gasteiger partial charge on any atom is 0.230 e. The summed E-state index contributed by atoms with van der Waals surface area (Å²) in [5, 5.41) is 0. The predicted molar refractivity (Wildman–Crippen MR) is 109 cm³/mol. The van der Waals surface area contributed by atoms with Crippen LogP contribution in [0.2, 0.25) is 0 Å². The molecule has 5 nitrogen and oxygen atoms in total. The predicted octanol–water partition coefficient (Wildman–Crippen LogP) is 4.17. The van der Waals surface area contributed by atoms with Crippen molar-refractivity contribution in [3.8, 4) is 11.3 Å². The fourth-order valence-corrected chi connectivity index (χ4v) is 3.84. The number of hydrogen-bond acceptors (Lipinski definition) is 4. The monoisotopic (exact) mass is 403 g/mol. The zero-order valence-corrected chi connectivity index (χ0v) is 16.4. The normalized spacial score (nSPS) is 13.1. The summed E-state index contributed by atoms with van der Waals surface area (Å²) in [6.07, 6.45) is 1.06. The average Bonchev–Trinajstić information content (AvgIpc) is 3.04. The van der Waals surface area contributed by atoms with E-state index < -0.39 is 11.6 Å². The molecule has 1 heterocycles. The molecule has 0 N–H and O–H groups in total. The molecule has 0 fully saturated rings. The van der Waals surface area contributed by atoms with E-state index in [0.29, 0.717) is 16.8 Å². The SMILES string of the molecule is COC1=CC(=O)c2c(c(CC(=O)c3ccc(F)cc3)c(-c3ccccc3)n2C)C1=O. The highest BCUT2D eigenvalue weighted by atomic mass is 19.1. The van der Waals surface area contributed by atoms with Gasteiger partial charge in [0.15, 0.2) is 11.5 Å². The molecule has 0 amide bonds. The second kappa shape index (κ2) is 7.55. The average molecular weight is 403 g/mol. The molecule has 0 bridgehead atoms. The van der Waals surface area contributed by atoms with Crippen molar-refractivity contribution in [3.05, 3.63) is 94.6 Å². The molecule has 0 saturated carbocycles. The van der Waals surface area contributed by atoms with Crippen LogP contribution in [0.3, 0.4) is 0 Å². The minimum atomic E-state index is -0.440. The van der Waals surface area contributed by atoms with Crippen LogP contribution in [0.5, 0.6) is 0 Å². The second-order valence-corrected chi connectivity index (χ2v) is 6.99. The van der Waals surface area contributed by atoms with Gasteiger partial charge < -0.3 is 9.30 Å². The third-order valence-corrected chi connectivity index (χ3v) is 5.21. The van der Waals surface area contributed by atoms with Crippen molar-refractivity contribution < 1.29 is 23.5 Å². The number of ether oxygens (including phenoxy) is 1. The molecule has 3 aromatic rings. The van der Waals surface area contributed by atoms with E-state index in [1.165, 1.54) is 37.5 Å². The summed E-state index contributed by atoms with van der Waals surface area (Å²) in [4.78, 5) is 38.8. The molecule has 150 valence electrons. The standard InChI is InChI=1S/C24H18FNO4/c1-26-22(15-6-4-3-5-7-15)17(12-18(27)14-8-10-16(25)11-9-14)21-23(26)19(28)13-20(30-2)24(21)29/h3-11,13H,12H2,1-2H3. The molecule has 4 rings (SSSR count). The van der Waals surface area contributed by atoms with Crippen molar-refractivity contribution >= 4 is 17.3 Å². The third-order valence-electron chi connectivity index (χ3n) is 5.21. The van der Waals surface area contributed by atoms with E-state index in [9.17, 15) is 18.8 Å². The second-order valence-electron chi connectivity index (χ2n) is 6.99. The van der Waals surface area contributed by atoms with Crippen LogP contribution in [0.4, 0.5) is 4.39 Å². The van der Waals surface area contributed by atoms with Crippen molar-refractivity contribution in [2.75, 3.05) is 7.11 Å². The molecule has 30 heavy (non-hydrogen) atoms. The Morgan fingerprint density at radius 2 is 1.67 bits per heavy atom. The van der Waals surface area contributed by atoms with Crippen LogP contribution < -0.4 is 0 Å². The Kier molecular flexibility index (Phi) is 4.91. The van der Waals surface area contributed by atoms with Crippen LogP contribution in [0.1, 0.15) is 36.8 Å². The van der Waals surface area contributed by atoms with Crippen molar-refractivity contribution in [3.63, 3.8) is 0 Å². The number of halogens is 1. The number of rotatable bonds is 5. The number of allylic oxidation sites excluding steroid dienone is 2. The molecule has 1 aromatic heterocycles. The number of carbonyl (C=O) groups excluding carboxylic acids is 3. The molecule has 0 saturated heterocycles. The maximum absolute atomic E-state index is 13.3. The summed E-state index contributed by atoms with van der Waals surface area (Å²) in [5.41, 5.74) is 2.57. The first kappa shape index (κ1) is 19.5. The lowest BCUT2D eigenvalue weighted by atomic mass is 9.91. The topological polar surface area (TPSA) is 65.4 Å². The Labute approximate surface area is 172 Å². The van der Waals surface area contributed by atoms with E-state index in [0.717, 1.165) is 5.56 Å². The van der Waals surface area contributed by atoms with Crippen molar-refractivity contribution in [2.45, 2.75) is 6.42 Å². The molecule has 2 aromatic carbocycles. The van der Waals surface area contributed by atoms with Crippen LogP contribution in [-0.4, -0.2) is 29.0 Å². The smallest absolute Gasteiger partial charge is 0.230 e. The number of methoxy groups -OCH3 is 1. The van der Waals surface area contributed by atoms with Gasteiger partial charge in [0, 0.05) is 25.1 Å². The van der Waals surface area contributed by atoms with Gasteiger partial charge in [0.2, 0.25) is 11.6 Å². The van der Waals surface area contributed by atoms with Crippen LogP contribution >= 0.6 is 0 Å². The van der Waals surface area contributed by atoms with Crippen LogP contribution in [0.15, 0.2) is 66.4 Å². The number of fused-ring (bicyclic) bond motifs is 1. The number of Topliss-reactive ketones (excluding diaryl/α,β-unsaturated/α-hetero) is 2. The summed E-state index contributed by atoms with van der Waals surface area (Å²) in [6, 6.07) is 14.5. The Morgan fingerprint density at radius 3 is 2.30 bits per heavy atom. The van der Waals surface area contributed by atoms with Gasteiger partial charge in [-0.3, -0.25) is 14.4 Å². The minimum absolute atomic E-state index is 0.0619. The van der Waals surface area contributed by atoms with Gasteiger partial charge in [-0.25, -0.2) is 4.39 Å². The molecule has 0 atom stereocenters. The molecule has 1 aliphatic carbocycles. The van der Waals surface area contributed by atoms with Crippen molar-refractivity contribution in [2.24, 2.45) is 7.05 Å². The van der Waals surface area contributed by atoms with Crippen LogP contribution in [0, 0.1) is 5.82 Å². The summed E-state index contributed by atoms with van der Waals surface area (Å²) in [5.74, 6) is -1.58. The number of hydrogen-bond donors (Lipinski definition) is 0. The summed E-state index contributed by atoms with van der Waals surface area (Å²) >= 11 is 0. The summed E-state index contributed by atoms with van der Waals surface area (Å²) < 4.78 is 20.0. The van der Waals surface area contributed by atoms with Gasteiger partial charge in [-0.2, -0.15) is 0 Å². The molecule has 0 spiro atoms. The highest BCUT2D eigenvalue weighted by Gasteiger charge is 2.36. The van der Waals surface area contributed by atoms with E-state index in [2.05, 4.69) is 0 Å². The molecule has 0 radical (unpaired) electrons. The van der Waals surface area contributed by atoms with Crippen molar-refractivity contribution in [1.29, 1.82) is 0 Å². The van der Waals surface area contributed by atoms with Gasteiger partial charge in [0.25, 0.3) is 0 Å². The van der Waals surface area contributed by atoms with E-state index in [-0.39, 0.29) is 35.0 Å². The van der Waals surface area contributed by atoms with E-state index in [1.54, 1.807) is 11.6 Å². The summed E-state index contributed by atoms with van der Waals surface area (Å²) in [7, 11) is 3.02. The molecular weight excluding hydrogens is 385 g/mol. The number of carbonyl (C=O) groups is 3. The van der Waals surface area contributed by atoms with Gasteiger partial charge in [-0.05, 0) is 35.4 Å². The van der Waals surface area contributed by atoms with E-state index in [4.69, 9.17) is 4.74 Å². The zero-order chi connectivity index (χ0) is 21.4. The number of aromatic nitrogens is 1. The Hall–Kier alpha value is -3.80. The fraction of sp³-hybridized carbons (Fsp3) is 0.125. The molecule has 6 heteroatoms. The van der Waals surface area contributed by atoms with Gasteiger partial charge in [0.05, 0.1) is 18.4 Å². The first-order chi connectivity index (χ1) is 14.4. The molecular formula is C24H18FNO4. The van der Waals surface area contributed by atoms with Crippen LogP contribution in [0.25, 0.3) is 11.3 Å². The largest absolute Gasteiger partial charge is 0.492 e. The maximum atomic E-state index is 13.3. The quantitative estimate of drug-likeness (QED) is 0.600. The highest BCUT2D eigenvalue weighted by molar-refractivity contribution is 6.25. The van der Waals surface area contributed by atoms with Crippen molar-refractivity contribution in [1.82, 2.24) is 4.57 Å². The molecule has 1 aliphatic rings. The molecule has 0 unspecified atom stereocenters. The first-order valence-electron chi connectivity index (χ1n) is 9.32. The van der Waals surface area contributed by atoms with E-state index in [1.807, 2.05) is 30.3 Å². The third kappa shape index (κ3) is 3.16. The first-order valence-corrected chi connectivity index (χ1v) is 9.32. The fourth-order valence-electron chi connectivity index (χ4n) is 3.84. The van der Waals surface area contributed by atoms with Gasteiger partial charge in [-0.1, -0.05) is 30.3 Å². The lowest BCUT2D eigenvalue weighted by molar-refractivity contribution is 0.0912. The highest BCUT2D eigenvalue weighted by Crippen LogP contribution is 2.36. The Bertz CT molecular complexity index is 1200. The Morgan fingerprint density at radius 1 is 1.00 bits per heavy atom. The lowest BCUT2D eigenvalue weighted by Gasteiger charge is -2.13. The van der Waals surface area contributed by atoms with Gasteiger partial charge in [-0.15, -0.1) is 0 Å². The summed E-state index contributed by atoms with van der Waals surface area (Å²) in [6.45, 7) is 0. The number of benzene rings is 2. The number of ketones is 3. The molecule has 0 aliphatic heterocycles. The minimum Gasteiger partial charge on any atom is -0.492 e. The number of nitrogens with zero attached hydrogens (tertiary/aromatic N) is 1. The lowest BCUT2D eigenvalue weighted by Crippen LogP contribution is -2.20. The van der Waals surface area contributed by atoms with Gasteiger partial charge >= 0.3 is 0 Å². The van der Waals surface area contributed by atoms with Crippen LogP contribution in [-0.2, 0) is 18.2 Å². The van der Waals surface area contributed by atoms with Gasteiger partial charge in [0.1, 0.15) is 11.5 Å². The zero-order valence-electron chi connectivity index (χ0n) is 16.4.